The van der Waals surface area contributed by atoms with Gasteiger partial charge in [-0.1, -0.05) is 6.07 Å². The number of nitrogens with one attached hydrogen (secondary N) is 1. The second kappa shape index (κ2) is 5.85. The van der Waals surface area contributed by atoms with Crippen molar-refractivity contribution in [3.05, 3.63) is 29.6 Å². The summed E-state index contributed by atoms with van der Waals surface area (Å²) in [6.07, 6.45) is 0. The summed E-state index contributed by atoms with van der Waals surface area (Å²) in [6.45, 7) is 7.78. The molecular weight excluding hydrogens is 203 g/mol. The van der Waals surface area contributed by atoms with Crippen molar-refractivity contribution in [1.29, 1.82) is 0 Å². The third kappa shape index (κ3) is 2.73. The van der Waals surface area contributed by atoms with Gasteiger partial charge in [0, 0.05) is 30.4 Å². The van der Waals surface area contributed by atoms with E-state index in [9.17, 15) is 4.39 Å². The van der Waals surface area contributed by atoms with E-state index in [0.717, 1.165) is 17.8 Å². The molecule has 0 aromatic heterocycles. The van der Waals surface area contributed by atoms with Gasteiger partial charge in [-0.3, -0.25) is 0 Å². The zero-order valence-electron chi connectivity index (χ0n) is 10.5. The van der Waals surface area contributed by atoms with E-state index in [1.165, 1.54) is 6.07 Å². The van der Waals surface area contributed by atoms with Crippen molar-refractivity contribution in [3.63, 3.8) is 0 Å². The molecule has 1 aromatic carbocycles. The minimum Gasteiger partial charge on any atom is -0.369 e. The molecule has 0 aliphatic carbocycles. The summed E-state index contributed by atoms with van der Waals surface area (Å²) < 4.78 is 13.7. The molecule has 0 atom stereocenters. The van der Waals surface area contributed by atoms with Crippen LogP contribution in [0.5, 0.6) is 0 Å². The number of rotatable bonds is 5. The Bertz CT molecular complexity index is 337. The normalized spacial score (nSPS) is 10.9. The minimum absolute atomic E-state index is 0.133. The predicted octanol–water partition coefficient (Wildman–Crippen LogP) is 2.78. The highest BCUT2D eigenvalue weighted by atomic mass is 19.1. The molecule has 0 spiro atoms. The Morgan fingerprint density at radius 3 is 2.56 bits per heavy atom. The Morgan fingerprint density at radius 1 is 1.38 bits per heavy atom. The number of anilines is 1. The summed E-state index contributed by atoms with van der Waals surface area (Å²) in [5, 5.41) is 3.02. The van der Waals surface area contributed by atoms with E-state index in [-0.39, 0.29) is 5.82 Å². The molecular formula is C13H21FN2. The van der Waals surface area contributed by atoms with E-state index in [1.54, 1.807) is 6.07 Å². The topological polar surface area (TPSA) is 15.3 Å². The maximum atomic E-state index is 13.7. The highest BCUT2D eigenvalue weighted by Gasteiger charge is 2.14. The zero-order chi connectivity index (χ0) is 12.1. The van der Waals surface area contributed by atoms with Crippen molar-refractivity contribution < 1.29 is 4.39 Å². The maximum Gasteiger partial charge on any atom is 0.129 e. The fourth-order valence-electron chi connectivity index (χ4n) is 1.98. The van der Waals surface area contributed by atoms with Crippen LogP contribution >= 0.6 is 0 Å². The van der Waals surface area contributed by atoms with E-state index < -0.39 is 0 Å². The standard InChI is InChI=1S/C13H21FN2/c1-5-16(10(2)3)13-8-6-7-12(14)11(13)9-15-4/h6-8,10,15H,5,9H2,1-4H3. The quantitative estimate of drug-likeness (QED) is 0.827. The zero-order valence-corrected chi connectivity index (χ0v) is 10.5. The monoisotopic (exact) mass is 224 g/mol. The van der Waals surface area contributed by atoms with E-state index >= 15 is 0 Å². The lowest BCUT2D eigenvalue weighted by Crippen LogP contribution is -2.32. The molecule has 90 valence electrons. The molecule has 0 fully saturated rings. The Hall–Kier alpha value is -1.09. The van der Waals surface area contributed by atoms with Gasteiger partial charge in [0.05, 0.1) is 0 Å². The van der Waals surface area contributed by atoms with Crippen molar-refractivity contribution in [1.82, 2.24) is 5.32 Å². The van der Waals surface area contributed by atoms with Gasteiger partial charge in [0.25, 0.3) is 0 Å². The van der Waals surface area contributed by atoms with Gasteiger partial charge < -0.3 is 10.2 Å². The first-order valence-electron chi connectivity index (χ1n) is 5.80. The van der Waals surface area contributed by atoms with Gasteiger partial charge >= 0.3 is 0 Å². The summed E-state index contributed by atoms with van der Waals surface area (Å²) in [4.78, 5) is 2.20. The van der Waals surface area contributed by atoms with E-state index in [1.807, 2.05) is 13.1 Å². The predicted molar refractivity (Wildman–Crippen MR) is 67.3 cm³/mol. The molecule has 0 saturated carbocycles. The lowest BCUT2D eigenvalue weighted by molar-refractivity contribution is 0.595. The Morgan fingerprint density at radius 2 is 2.06 bits per heavy atom. The van der Waals surface area contributed by atoms with Crippen LogP contribution in [0.15, 0.2) is 18.2 Å². The number of halogens is 1. The minimum atomic E-state index is -0.133. The van der Waals surface area contributed by atoms with Gasteiger partial charge in [0.1, 0.15) is 5.82 Å². The lowest BCUT2D eigenvalue weighted by Gasteiger charge is -2.29. The fourth-order valence-corrected chi connectivity index (χ4v) is 1.98. The van der Waals surface area contributed by atoms with Gasteiger partial charge in [-0.15, -0.1) is 0 Å². The van der Waals surface area contributed by atoms with Crippen LogP contribution in [0.3, 0.4) is 0 Å². The second-order valence-corrected chi connectivity index (χ2v) is 4.15. The van der Waals surface area contributed by atoms with Crippen LogP contribution < -0.4 is 10.2 Å². The average Bonchev–Trinajstić information content (AvgIpc) is 2.23. The van der Waals surface area contributed by atoms with Crippen molar-refractivity contribution in [2.24, 2.45) is 0 Å². The fraction of sp³-hybridized carbons (Fsp3) is 0.538. The highest BCUT2D eigenvalue weighted by Crippen LogP contribution is 2.24. The van der Waals surface area contributed by atoms with Gasteiger partial charge in [-0.05, 0) is 40.0 Å². The van der Waals surface area contributed by atoms with Gasteiger partial charge in [-0.25, -0.2) is 4.39 Å². The van der Waals surface area contributed by atoms with E-state index in [2.05, 4.69) is 31.0 Å². The molecule has 0 unspecified atom stereocenters. The van der Waals surface area contributed by atoms with Crippen LogP contribution in [0.25, 0.3) is 0 Å². The lowest BCUT2D eigenvalue weighted by atomic mass is 10.1. The maximum absolute atomic E-state index is 13.7. The van der Waals surface area contributed by atoms with Crippen molar-refractivity contribution in [3.8, 4) is 0 Å². The van der Waals surface area contributed by atoms with Crippen molar-refractivity contribution >= 4 is 5.69 Å². The van der Waals surface area contributed by atoms with Gasteiger partial charge in [0.2, 0.25) is 0 Å². The molecule has 16 heavy (non-hydrogen) atoms. The van der Waals surface area contributed by atoms with Crippen LogP contribution in [0.1, 0.15) is 26.3 Å². The average molecular weight is 224 g/mol. The summed E-state index contributed by atoms with van der Waals surface area (Å²) >= 11 is 0. The van der Waals surface area contributed by atoms with Crippen molar-refractivity contribution in [2.45, 2.75) is 33.4 Å². The van der Waals surface area contributed by atoms with E-state index in [0.29, 0.717) is 12.6 Å². The SMILES string of the molecule is CCN(c1cccc(F)c1CNC)C(C)C. The molecule has 0 aliphatic rings. The Labute approximate surface area is 97.5 Å². The number of nitrogens with zero attached hydrogens (tertiary/aromatic N) is 1. The number of hydrogen-bond acceptors (Lipinski definition) is 2. The Kier molecular flexibility index (Phi) is 4.74. The van der Waals surface area contributed by atoms with E-state index in [4.69, 9.17) is 0 Å². The third-order valence-electron chi connectivity index (χ3n) is 2.72. The van der Waals surface area contributed by atoms with Crippen LogP contribution in [0, 0.1) is 5.82 Å². The van der Waals surface area contributed by atoms with Gasteiger partial charge in [0.15, 0.2) is 0 Å². The molecule has 2 nitrogen and oxygen atoms in total. The first-order chi connectivity index (χ1) is 7.61. The molecule has 0 amide bonds. The summed E-state index contributed by atoms with van der Waals surface area (Å²) in [7, 11) is 1.84. The van der Waals surface area contributed by atoms with Crippen LogP contribution in [0.4, 0.5) is 10.1 Å². The molecule has 0 bridgehead atoms. The Balaban J connectivity index is 3.14. The molecule has 3 heteroatoms. The molecule has 0 saturated heterocycles. The van der Waals surface area contributed by atoms with Crippen LogP contribution in [0.2, 0.25) is 0 Å². The molecule has 1 aromatic rings. The molecule has 1 rings (SSSR count). The van der Waals surface area contributed by atoms with Crippen LogP contribution in [-0.2, 0) is 6.54 Å². The highest BCUT2D eigenvalue weighted by molar-refractivity contribution is 5.54. The molecule has 0 heterocycles. The summed E-state index contributed by atoms with van der Waals surface area (Å²) in [5.41, 5.74) is 1.74. The molecule has 0 aliphatic heterocycles. The van der Waals surface area contributed by atoms with Crippen LogP contribution in [-0.4, -0.2) is 19.6 Å². The smallest absolute Gasteiger partial charge is 0.129 e. The first-order valence-corrected chi connectivity index (χ1v) is 5.80. The summed E-state index contributed by atoms with van der Waals surface area (Å²) in [6, 6.07) is 5.65. The summed E-state index contributed by atoms with van der Waals surface area (Å²) in [5.74, 6) is -0.133. The number of hydrogen-bond donors (Lipinski definition) is 1. The largest absolute Gasteiger partial charge is 0.369 e. The second-order valence-electron chi connectivity index (χ2n) is 4.15. The molecule has 0 radical (unpaired) electrons. The van der Waals surface area contributed by atoms with Gasteiger partial charge in [-0.2, -0.15) is 0 Å². The molecule has 1 N–H and O–H groups in total. The first kappa shape index (κ1) is 13.0. The third-order valence-corrected chi connectivity index (χ3v) is 2.72. The number of benzene rings is 1. The van der Waals surface area contributed by atoms with Crippen molar-refractivity contribution in [2.75, 3.05) is 18.5 Å².